The number of carbonyl (C=O) groups excluding carboxylic acids is 1. The standard InChI is InChI=1S/C26H23F2N7OS/c1-34(2)13-15-8-9-35-22(12-30-23(35)10-15)21-14-37-26(32-21)31-20-7-6-16(11-18(20)28)25(36)33-24-17(27)4-3-5-19(24)29/h3-12,14H,13,29H2,1-2H3,(H,31,32)(H,33,36). The number of amides is 1. The number of halogens is 2. The monoisotopic (exact) mass is 519 g/mol. The van der Waals surface area contributed by atoms with E-state index in [1.165, 1.54) is 41.7 Å². The highest BCUT2D eigenvalue weighted by Gasteiger charge is 2.16. The number of hydrogen-bond donors (Lipinski definition) is 3. The van der Waals surface area contributed by atoms with E-state index in [2.05, 4.69) is 25.5 Å². The first kappa shape index (κ1) is 24.3. The van der Waals surface area contributed by atoms with E-state index in [0.29, 0.717) is 10.8 Å². The van der Waals surface area contributed by atoms with Crippen LogP contribution < -0.4 is 16.4 Å². The molecule has 0 saturated heterocycles. The summed E-state index contributed by atoms with van der Waals surface area (Å²) in [5.74, 6) is -2.01. The predicted molar refractivity (Wildman–Crippen MR) is 142 cm³/mol. The molecule has 0 fully saturated rings. The summed E-state index contributed by atoms with van der Waals surface area (Å²) in [7, 11) is 4.02. The lowest BCUT2D eigenvalue weighted by Gasteiger charge is -2.10. The smallest absolute Gasteiger partial charge is 0.255 e. The number of nitrogens with two attached hydrogens (primary N) is 1. The molecular formula is C26H23F2N7OS. The number of pyridine rings is 1. The van der Waals surface area contributed by atoms with E-state index in [1.807, 2.05) is 42.2 Å². The summed E-state index contributed by atoms with van der Waals surface area (Å²) in [5.41, 5.74) is 9.30. The topological polar surface area (TPSA) is 101 Å². The van der Waals surface area contributed by atoms with Gasteiger partial charge in [0.1, 0.15) is 28.7 Å². The Labute approximate surface area is 215 Å². The molecule has 3 heterocycles. The van der Waals surface area contributed by atoms with Gasteiger partial charge in [0.15, 0.2) is 5.13 Å². The van der Waals surface area contributed by atoms with Crippen LogP contribution in [0.25, 0.3) is 17.0 Å². The molecule has 4 N–H and O–H groups in total. The van der Waals surface area contributed by atoms with Gasteiger partial charge in [0.2, 0.25) is 0 Å². The highest BCUT2D eigenvalue weighted by molar-refractivity contribution is 7.14. The van der Waals surface area contributed by atoms with Crippen molar-refractivity contribution in [1.82, 2.24) is 19.3 Å². The van der Waals surface area contributed by atoms with Gasteiger partial charge in [0, 0.05) is 23.7 Å². The molecule has 0 bridgehead atoms. The summed E-state index contributed by atoms with van der Waals surface area (Å²) in [5, 5.41) is 7.68. The summed E-state index contributed by atoms with van der Waals surface area (Å²) in [6.07, 6.45) is 3.71. The third-order valence-corrected chi connectivity index (χ3v) is 6.36. The van der Waals surface area contributed by atoms with E-state index in [0.717, 1.165) is 29.5 Å². The number of rotatable bonds is 7. The number of fused-ring (bicyclic) bond motifs is 1. The van der Waals surface area contributed by atoms with Crippen LogP contribution in [0.2, 0.25) is 0 Å². The molecule has 8 nitrogen and oxygen atoms in total. The van der Waals surface area contributed by atoms with Gasteiger partial charge in [-0.2, -0.15) is 0 Å². The summed E-state index contributed by atoms with van der Waals surface area (Å²) < 4.78 is 30.8. The van der Waals surface area contributed by atoms with Gasteiger partial charge in [-0.1, -0.05) is 6.07 Å². The molecule has 5 rings (SSSR count). The minimum Gasteiger partial charge on any atom is -0.397 e. The fraction of sp³-hybridized carbons (Fsp3) is 0.115. The number of para-hydroxylation sites is 1. The van der Waals surface area contributed by atoms with Crippen molar-refractivity contribution in [1.29, 1.82) is 0 Å². The number of anilines is 4. The minimum atomic E-state index is -0.680. The number of aromatic nitrogens is 3. The maximum atomic E-state index is 14.8. The molecule has 0 saturated carbocycles. The Morgan fingerprint density at radius 3 is 2.73 bits per heavy atom. The largest absolute Gasteiger partial charge is 0.397 e. The molecule has 3 aromatic heterocycles. The summed E-state index contributed by atoms with van der Waals surface area (Å²) in [6, 6.07) is 12.1. The second-order valence-electron chi connectivity index (χ2n) is 8.66. The van der Waals surface area contributed by atoms with Crippen molar-refractivity contribution in [2.24, 2.45) is 0 Å². The van der Waals surface area contributed by atoms with Crippen LogP contribution in [0.15, 0.2) is 66.3 Å². The van der Waals surface area contributed by atoms with E-state index in [9.17, 15) is 13.6 Å². The number of thiazole rings is 1. The average Bonchev–Trinajstić information content (AvgIpc) is 3.48. The Balaban J connectivity index is 1.32. The molecule has 1 amide bonds. The Bertz CT molecular complexity index is 1590. The molecule has 5 aromatic rings. The zero-order valence-electron chi connectivity index (χ0n) is 20.0. The van der Waals surface area contributed by atoms with Crippen LogP contribution in [0.4, 0.5) is 31.0 Å². The third kappa shape index (κ3) is 5.13. The zero-order valence-corrected chi connectivity index (χ0v) is 20.8. The lowest BCUT2D eigenvalue weighted by atomic mass is 10.1. The van der Waals surface area contributed by atoms with E-state index >= 15 is 0 Å². The number of benzene rings is 2. The first-order valence-corrected chi connectivity index (χ1v) is 12.1. The minimum absolute atomic E-state index is 0.0184. The van der Waals surface area contributed by atoms with Gasteiger partial charge in [-0.05, 0) is 62.1 Å². The first-order valence-electron chi connectivity index (χ1n) is 11.3. The van der Waals surface area contributed by atoms with E-state index in [-0.39, 0.29) is 22.6 Å². The van der Waals surface area contributed by atoms with Gasteiger partial charge in [-0.15, -0.1) is 11.3 Å². The van der Waals surface area contributed by atoms with Crippen LogP contribution in [-0.2, 0) is 6.54 Å². The van der Waals surface area contributed by atoms with Crippen LogP contribution in [0, 0.1) is 11.6 Å². The maximum absolute atomic E-state index is 14.8. The molecule has 0 spiro atoms. The first-order chi connectivity index (χ1) is 17.8. The van der Waals surface area contributed by atoms with Crippen molar-refractivity contribution in [2.75, 3.05) is 30.5 Å². The van der Waals surface area contributed by atoms with E-state index in [1.54, 1.807) is 6.20 Å². The van der Waals surface area contributed by atoms with Gasteiger partial charge in [0.25, 0.3) is 5.91 Å². The van der Waals surface area contributed by atoms with Crippen LogP contribution in [0.1, 0.15) is 15.9 Å². The van der Waals surface area contributed by atoms with Gasteiger partial charge >= 0.3 is 0 Å². The zero-order chi connectivity index (χ0) is 26.1. The molecule has 0 atom stereocenters. The number of nitrogens with one attached hydrogen (secondary N) is 2. The second kappa shape index (κ2) is 9.96. The van der Waals surface area contributed by atoms with Crippen molar-refractivity contribution in [3.05, 3.63) is 89.1 Å². The van der Waals surface area contributed by atoms with Gasteiger partial charge in [-0.3, -0.25) is 9.20 Å². The van der Waals surface area contributed by atoms with Crippen LogP contribution in [0.3, 0.4) is 0 Å². The average molecular weight is 520 g/mol. The van der Waals surface area contributed by atoms with Crippen molar-refractivity contribution in [2.45, 2.75) is 6.54 Å². The quantitative estimate of drug-likeness (QED) is 0.250. The van der Waals surface area contributed by atoms with Crippen molar-refractivity contribution in [3.8, 4) is 11.4 Å². The molecule has 188 valence electrons. The predicted octanol–water partition coefficient (Wildman–Crippen LogP) is 5.38. The maximum Gasteiger partial charge on any atom is 0.255 e. The van der Waals surface area contributed by atoms with Gasteiger partial charge < -0.3 is 21.3 Å². The lowest BCUT2D eigenvalue weighted by Crippen LogP contribution is -2.15. The van der Waals surface area contributed by atoms with Crippen LogP contribution >= 0.6 is 11.3 Å². The molecule has 11 heteroatoms. The lowest BCUT2D eigenvalue weighted by molar-refractivity contribution is 0.102. The Kier molecular flexibility index (Phi) is 6.55. The van der Waals surface area contributed by atoms with Crippen molar-refractivity contribution in [3.63, 3.8) is 0 Å². The van der Waals surface area contributed by atoms with Crippen molar-refractivity contribution < 1.29 is 13.6 Å². The van der Waals surface area contributed by atoms with Crippen LogP contribution in [0.5, 0.6) is 0 Å². The fourth-order valence-electron chi connectivity index (χ4n) is 3.86. The second-order valence-corrected chi connectivity index (χ2v) is 9.52. The van der Waals surface area contributed by atoms with Crippen LogP contribution in [-0.4, -0.2) is 39.3 Å². The Morgan fingerprint density at radius 2 is 1.97 bits per heavy atom. The molecule has 0 aliphatic heterocycles. The highest BCUT2D eigenvalue weighted by Crippen LogP contribution is 2.29. The number of carbonyl (C=O) groups is 1. The molecule has 0 aliphatic carbocycles. The summed E-state index contributed by atoms with van der Waals surface area (Å²) in [6.45, 7) is 0.812. The SMILES string of the molecule is CN(C)Cc1ccn2c(-c3csc(Nc4ccc(C(=O)Nc5c(N)cccc5F)cc4F)n3)cnc2c1. The summed E-state index contributed by atoms with van der Waals surface area (Å²) in [4.78, 5) is 23.7. The molecular weight excluding hydrogens is 496 g/mol. The molecule has 37 heavy (non-hydrogen) atoms. The number of nitrogens with zero attached hydrogens (tertiary/aromatic N) is 4. The van der Waals surface area contributed by atoms with E-state index in [4.69, 9.17) is 5.73 Å². The number of hydrogen-bond acceptors (Lipinski definition) is 7. The Hall–Kier alpha value is -4.35. The Morgan fingerprint density at radius 1 is 1.14 bits per heavy atom. The molecule has 2 aromatic carbocycles. The summed E-state index contributed by atoms with van der Waals surface area (Å²) >= 11 is 1.32. The fourth-order valence-corrected chi connectivity index (χ4v) is 4.57. The molecule has 0 unspecified atom stereocenters. The van der Waals surface area contributed by atoms with Crippen molar-refractivity contribution >= 4 is 45.1 Å². The number of nitrogen functional groups attached to an aromatic ring is 1. The molecule has 0 radical (unpaired) electrons. The van der Waals surface area contributed by atoms with Gasteiger partial charge in [0.05, 0.1) is 23.3 Å². The normalized spacial score (nSPS) is 11.3. The highest BCUT2D eigenvalue weighted by atomic mass is 32.1. The van der Waals surface area contributed by atoms with Gasteiger partial charge in [-0.25, -0.2) is 18.7 Å². The number of imidazole rings is 1. The third-order valence-electron chi connectivity index (χ3n) is 5.60. The van der Waals surface area contributed by atoms with E-state index < -0.39 is 17.5 Å². The molecule has 0 aliphatic rings.